The van der Waals surface area contributed by atoms with Crippen molar-refractivity contribution in [3.8, 4) is 11.3 Å². The van der Waals surface area contributed by atoms with Gasteiger partial charge in [0.2, 0.25) is 0 Å². The molecule has 3 aliphatic carbocycles. The summed E-state index contributed by atoms with van der Waals surface area (Å²) in [6, 6.07) is 11.9. The largest absolute Gasteiger partial charge is 1.00 e. The number of carbonyl (C=O) groups is 2. The normalized spacial score (nSPS) is 33.2. The summed E-state index contributed by atoms with van der Waals surface area (Å²) < 4.78 is 9.30. The molecule has 252 valence electrons. The first-order valence-electron chi connectivity index (χ1n) is 16.3. The third-order valence-electron chi connectivity index (χ3n) is 11.8. The molecule has 0 unspecified atom stereocenters. The predicted molar refractivity (Wildman–Crippen MR) is 184 cm³/mol. The fourth-order valence-corrected chi connectivity index (χ4v) is 10.5. The second-order valence-corrected chi connectivity index (χ2v) is 16.8. The molecule has 47 heavy (non-hydrogen) atoms. The molecule has 2 heterocycles. The summed E-state index contributed by atoms with van der Waals surface area (Å²) in [6.45, 7) is 13.4. The maximum Gasteiger partial charge on any atom is 0.316 e. The van der Waals surface area contributed by atoms with E-state index in [2.05, 4.69) is 31.9 Å². The van der Waals surface area contributed by atoms with Crippen LogP contribution >= 0.6 is 34.7 Å². The van der Waals surface area contributed by atoms with E-state index in [1.807, 2.05) is 67.2 Å². The van der Waals surface area contributed by atoms with Gasteiger partial charge in [0.15, 0.2) is 23.3 Å². The molecule has 6 nitrogen and oxygen atoms in total. The average Bonchev–Trinajstić information content (AvgIpc) is 3.67. The van der Waals surface area contributed by atoms with Gasteiger partial charge in [-0.3, -0.25) is 9.59 Å². The van der Waals surface area contributed by atoms with Crippen LogP contribution < -0.4 is 21.5 Å². The van der Waals surface area contributed by atoms with Crippen LogP contribution in [-0.4, -0.2) is 39.8 Å². The van der Waals surface area contributed by atoms with E-state index in [1.54, 1.807) is 0 Å². The molecule has 6 rings (SSSR count). The zero-order valence-corrected chi connectivity index (χ0v) is 31.4. The first-order valence-corrected chi connectivity index (χ1v) is 18.5. The van der Waals surface area contributed by atoms with E-state index in [-0.39, 0.29) is 57.7 Å². The Kier molecular flexibility index (Phi) is 10.8. The van der Waals surface area contributed by atoms with Crippen LogP contribution in [0.4, 0.5) is 0 Å². The first kappa shape index (κ1) is 36.2. The van der Waals surface area contributed by atoms with Crippen molar-refractivity contribution >= 4 is 46.5 Å². The van der Waals surface area contributed by atoms with Crippen molar-refractivity contribution in [2.24, 2.45) is 34.0 Å². The highest BCUT2D eigenvalue weighted by Crippen LogP contribution is 2.68. The molecule has 1 N–H and O–H groups in total. The maximum atomic E-state index is 13.6. The lowest BCUT2D eigenvalue weighted by molar-refractivity contribution is -0.688. The van der Waals surface area contributed by atoms with Gasteiger partial charge in [-0.05, 0) is 55.1 Å². The number of thiazole rings is 1. The Bertz CT molecular complexity index is 1620. The van der Waals surface area contributed by atoms with Gasteiger partial charge in [0.1, 0.15) is 11.9 Å². The highest BCUT2D eigenvalue weighted by Gasteiger charge is 2.68. The summed E-state index contributed by atoms with van der Waals surface area (Å²) in [5, 5.41) is 14.5. The van der Waals surface area contributed by atoms with Crippen molar-refractivity contribution < 1.29 is 41.0 Å². The molecule has 8 atom stereocenters. The molecule has 3 aliphatic rings. The number of esters is 1. The molecule has 0 amide bonds. The Morgan fingerprint density at radius 2 is 1.89 bits per heavy atom. The monoisotopic (exact) mass is 758 g/mol. The Hall–Kier alpha value is -2.04. The van der Waals surface area contributed by atoms with Gasteiger partial charge in [-0.25, -0.2) is 9.55 Å². The van der Waals surface area contributed by atoms with Gasteiger partial charge in [0, 0.05) is 56.8 Å². The van der Waals surface area contributed by atoms with Crippen LogP contribution in [-0.2, 0) is 20.9 Å². The molecule has 0 aliphatic heterocycles. The van der Waals surface area contributed by atoms with Gasteiger partial charge in [-0.1, -0.05) is 69.3 Å². The van der Waals surface area contributed by atoms with Crippen molar-refractivity contribution in [2.45, 2.75) is 82.9 Å². The molecule has 0 radical (unpaired) electrons. The minimum atomic E-state index is -0.675. The number of carbonyl (C=O) groups excluding carboxylic acids is 2. The zero-order chi connectivity index (χ0) is 32.9. The number of ether oxygens (including phenoxy) is 1. The lowest BCUT2D eigenvalue weighted by Gasteiger charge is -2.61. The fraction of sp³-hybridized carbons (Fsp3) is 0.514. The highest BCUT2D eigenvalue weighted by atomic mass is 79.9. The average molecular weight is 760 g/mol. The maximum absolute atomic E-state index is 13.6. The number of Topliss-reactive ketones (excluding diaryl/α,β-unsaturated/α-hetero) is 1. The molecule has 3 aromatic rings. The van der Waals surface area contributed by atoms with Crippen LogP contribution in [0.3, 0.4) is 0 Å². The van der Waals surface area contributed by atoms with E-state index in [1.165, 1.54) is 28.7 Å². The van der Waals surface area contributed by atoms with Crippen LogP contribution in [0.15, 0.2) is 71.2 Å². The smallest absolute Gasteiger partial charge is 0.316 e. The number of hydrogen-bond donors (Lipinski definition) is 1. The Balaban J connectivity index is 0.00000433. The third-order valence-corrected chi connectivity index (χ3v) is 14.1. The van der Waals surface area contributed by atoms with Crippen molar-refractivity contribution in [1.29, 1.82) is 0 Å². The Labute approximate surface area is 302 Å². The molecular formula is C37H44BrClN2O4S2. The summed E-state index contributed by atoms with van der Waals surface area (Å²) in [4.78, 5) is 32.0. The fourth-order valence-electron chi connectivity index (χ4n) is 8.81. The van der Waals surface area contributed by atoms with Gasteiger partial charge in [0.05, 0.1) is 17.6 Å². The molecule has 2 bridgehead atoms. The summed E-state index contributed by atoms with van der Waals surface area (Å²) in [6.07, 6.45) is 8.34. The minimum Gasteiger partial charge on any atom is -1.00 e. The summed E-state index contributed by atoms with van der Waals surface area (Å²) in [5.41, 5.74) is 1.59. The van der Waals surface area contributed by atoms with Gasteiger partial charge in [-0.2, -0.15) is 0 Å². The van der Waals surface area contributed by atoms with Crippen LogP contribution in [0.5, 0.6) is 0 Å². The van der Waals surface area contributed by atoms with E-state index in [0.29, 0.717) is 12.8 Å². The summed E-state index contributed by atoms with van der Waals surface area (Å²) in [7, 11) is 0. The van der Waals surface area contributed by atoms with Gasteiger partial charge in [0.25, 0.3) is 0 Å². The SMILES string of the molecule is C=C[C@]1(C)C[C@@H](OC(=O)CSc2nc(-c3cc[n+](Cc4ccc(Cl)cc4)cc3)cs2)[C@]2(C)[C@H](C)CC[C@]3(CCC(=O)[C@H]32)[C@@H](C)[C@@H]1O.[Br-]. The second-order valence-electron chi connectivity index (χ2n) is 14.2. The van der Waals surface area contributed by atoms with Gasteiger partial charge >= 0.3 is 5.97 Å². The highest BCUT2D eigenvalue weighted by molar-refractivity contribution is 8.01. The molecule has 10 heteroatoms. The third kappa shape index (κ3) is 6.64. The number of ketones is 1. The predicted octanol–water partition coefficient (Wildman–Crippen LogP) is 4.80. The van der Waals surface area contributed by atoms with Gasteiger partial charge < -0.3 is 26.8 Å². The number of aliphatic hydroxyl groups excluding tert-OH is 1. The lowest BCUT2D eigenvalue weighted by atomic mass is 9.44. The standard InChI is InChI=1S/C37H44ClN2O4S2.BrH/c1-6-35(4)19-30(36(5)23(2)11-15-37(24(3)33(35)43)16-12-29(41)32(36)37)44-31(42)22-46-34-39-28(21-45-34)26-13-17-40(18-14-26)20-25-7-9-27(38)10-8-25;/h6-10,13-14,17-18,21,23-24,30,32-33,43H,1,11-12,15-16,19-20,22H2,2-5H3;1H/q+1;/p-1/t23-,24+,30-,32+,33+,35-,36+,37+;/m1./s1. The van der Waals surface area contributed by atoms with Crippen molar-refractivity contribution in [2.75, 3.05) is 5.75 Å². The van der Waals surface area contributed by atoms with Crippen LogP contribution in [0.25, 0.3) is 11.3 Å². The van der Waals surface area contributed by atoms with E-state index < -0.39 is 23.0 Å². The second kappa shape index (κ2) is 14.1. The number of rotatable bonds is 8. The zero-order valence-electron chi connectivity index (χ0n) is 27.5. The van der Waals surface area contributed by atoms with Crippen LogP contribution in [0.1, 0.15) is 65.4 Å². The molecule has 0 saturated heterocycles. The summed E-state index contributed by atoms with van der Waals surface area (Å²) in [5.74, 6) is -0.0189. The number of aromatic nitrogens is 2. The number of halogens is 2. The van der Waals surface area contributed by atoms with E-state index in [4.69, 9.17) is 21.3 Å². The Morgan fingerprint density at radius 1 is 1.19 bits per heavy atom. The minimum absolute atomic E-state index is 0. The van der Waals surface area contributed by atoms with E-state index in [0.717, 1.165) is 46.4 Å². The van der Waals surface area contributed by atoms with Gasteiger partial charge in [-0.15, -0.1) is 17.9 Å². The Morgan fingerprint density at radius 3 is 2.57 bits per heavy atom. The number of nitrogens with zero attached hydrogens (tertiary/aromatic N) is 2. The molecular weight excluding hydrogens is 716 g/mol. The quantitative estimate of drug-likeness (QED) is 0.154. The lowest BCUT2D eigenvalue weighted by Crippen LogP contribution is -3.00. The number of pyridine rings is 1. The number of aliphatic hydroxyl groups is 1. The molecule has 3 saturated carbocycles. The first-order chi connectivity index (χ1) is 21.9. The summed E-state index contributed by atoms with van der Waals surface area (Å²) >= 11 is 8.90. The van der Waals surface area contributed by atoms with E-state index >= 15 is 0 Å². The van der Waals surface area contributed by atoms with Crippen molar-refractivity contribution in [3.63, 3.8) is 0 Å². The number of benzene rings is 1. The van der Waals surface area contributed by atoms with Crippen LogP contribution in [0, 0.1) is 34.0 Å². The van der Waals surface area contributed by atoms with Crippen LogP contribution in [0.2, 0.25) is 5.02 Å². The van der Waals surface area contributed by atoms with Crippen molar-refractivity contribution in [3.05, 3.63) is 77.4 Å². The molecule has 1 aromatic carbocycles. The topological polar surface area (TPSA) is 80.4 Å². The molecule has 2 aromatic heterocycles. The number of hydrogen-bond acceptors (Lipinski definition) is 7. The van der Waals surface area contributed by atoms with E-state index in [9.17, 15) is 14.7 Å². The van der Waals surface area contributed by atoms with Crippen molar-refractivity contribution in [1.82, 2.24) is 4.98 Å². The molecule has 3 fully saturated rings. The molecule has 0 spiro atoms. The number of thioether (sulfide) groups is 1.